The molecule has 1 unspecified atom stereocenters. The van der Waals surface area contributed by atoms with Gasteiger partial charge in [0.15, 0.2) is 0 Å². The summed E-state index contributed by atoms with van der Waals surface area (Å²) in [6.07, 6.45) is 9.61. The molecule has 1 aliphatic carbocycles. The Labute approximate surface area is 79.5 Å². The van der Waals surface area contributed by atoms with Gasteiger partial charge in [0.1, 0.15) is 0 Å². The van der Waals surface area contributed by atoms with Crippen molar-refractivity contribution in [3.05, 3.63) is 36.6 Å². The fourth-order valence-electron chi connectivity index (χ4n) is 1.29. The molecule has 2 N–H and O–H groups in total. The first-order valence-electron chi connectivity index (χ1n) is 4.52. The van der Waals surface area contributed by atoms with Crippen LogP contribution in [0.15, 0.2) is 41.6 Å². The van der Waals surface area contributed by atoms with Crippen LogP contribution in [0.3, 0.4) is 0 Å². The number of hydrogen-bond acceptors (Lipinski definition) is 2. The second-order valence-electron chi connectivity index (χ2n) is 3.25. The quantitative estimate of drug-likeness (QED) is 0.653. The first kappa shape index (κ1) is 9.93. The van der Waals surface area contributed by atoms with Gasteiger partial charge in [-0.05, 0) is 31.4 Å². The van der Waals surface area contributed by atoms with Crippen LogP contribution in [0.25, 0.3) is 0 Å². The fourth-order valence-corrected chi connectivity index (χ4v) is 1.29. The molecule has 0 saturated carbocycles. The van der Waals surface area contributed by atoms with Crippen molar-refractivity contribution in [2.24, 2.45) is 10.7 Å². The maximum absolute atomic E-state index is 5.83. The minimum atomic E-state index is 0.152. The van der Waals surface area contributed by atoms with E-state index in [1.807, 2.05) is 19.1 Å². The number of nitrogens with zero attached hydrogens (tertiary/aromatic N) is 1. The van der Waals surface area contributed by atoms with E-state index in [-0.39, 0.29) is 6.04 Å². The highest BCUT2D eigenvalue weighted by Gasteiger charge is 2.03. The number of rotatable bonds is 1. The smallest absolute Gasteiger partial charge is 0.0406 e. The van der Waals surface area contributed by atoms with Crippen LogP contribution in [0.2, 0.25) is 0 Å². The van der Waals surface area contributed by atoms with E-state index in [0.29, 0.717) is 0 Å². The van der Waals surface area contributed by atoms with E-state index in [2.05, 4.69) is 17.6 Å². The average molecular weight is 176 g/mol. The fraction of sp³-hybridized carbons (Fsp3) is 0.364. The summed E-state index contributed by atoms with van der Waals surface area (Å²) in [4.78, 5) is 4.18. The first-order valence-corrected chi connectivity index (χ1v) is 4.52. The molecule has 2 nitrogen and oxygen atoms in total. The van der Waals surface area contributed by atoms with Crippen LogP contribution >= 0.6 is 0 Å². The maximum atomic E-state index is 5.83. The molecule has 0 radical (unpaired) electrons. The summed E-state index contributed by atoms with van der Waals surface area (Å²) >= 11 is 0. The normalized spacial score (nSPS) is 32.9. The lowest BCUT2D eigenvalue weighted by molar-refractivity contribution is 0.746. The molecule has 0 aromatic rings. The largest absolute Gasteiger partial charge is 0.324 e. The molecule has 0 aromatic carbocycles. The molecule has 70 valence electrons. The van der Waals surface area contributed by atoms with Gasteiger partial charge in [-0.2, -0.15) is 0 Å². The summed E-state index contributed by atoms with van der Waals surface area (Å²) in [7, 11) is 0. The number of hydrogen-bond donors (Lipinski definition) is 1. The predicted octanol–water partition coefficient (Wildman–Crippen LogP) is 2.19. The van der Waals surface area contributed by atoms with Crippen LogP contribution in [0, 0.1) is 0 Å². The van der Waals surface area contributed by atoms with Gasteiger partial charge in [-0.3, -0.25) is 4.99 Å². The van der Waals surface area contributed by atoms with Crippen LogP contribution in [0.4, 0.5) is 0 Å². The minimum Gasteiger partial charge on any atom is -0.324 e. The molecule has 0 aromatic heterocycles. The van der Waals surface area contributed by atoms with Crippen molar-refractivity contribution >= 4 is 5.71 Å². The molecule has 0 fully saturated rings. The Morgan fingerprint density at radius 1 is 1.69 bits per heavy atom. The summed E-state index contributed by atoms with van der Waals surface area (Å²) in [6.45, 7) is 5.64. The topological polar surface area (TPSA) is 38.4 Å². The Morgan fingerprint density at radius 3 is 3.15 bits per heavy atom. The Hall–Kier alpha value is -1.15. The molecule has 0 heterocycles. The maximum Gasteiger partial charge on any atom is 0.0406 e. The van der Waals surface area contributed by atoms with Crippen molar-refractivity contribution in [1.29, 1.82) is 0 Å². The lowest BCUT2D eigenvalue weighted by Crippen LogP contribution is -2.18. The van der Waals surface area contributed by atoms with E-state index in [9.17, 15) is 0 Å². The van der Waals surface area contributed by atoms with Crippen molar-refractivity contribution in [1.82, 2.24) is 0 Å². The Kier molecular flexibility index (Phi) is 3.65. The van der Waals surface area contributed by atoms with Gasteiger partial charge in [-0.25, -0.2) is 0 Å². The van der Waals surface area contributed by atoms with E-state index in [4.69, 9.17) is 5.73 Å². The molecule has 2 heteroatoms. The van der Waals surface area contributed by atoms with E-state index in [1.165, 1.54) is 5.57 Å². The van der Waals surface area contributed by atoms with Gasteiger partial charge in [-0.1, -0.05) is 18.7 Å². The third kappa shape index (κ3) is 3.38. The van der Waals surface area contributed by atoms with E-state index < -0.39 is 0 Å². The highest BCUT2D eigenvalue weighted by Crippen LogP contribution is 2.08. The van der Waals surface area contributed by atoms with Gasteiger partial charge in [0.25, 0.3) is 0 Å². The van der Waals surface area contributed by atoms with Crippen LogP contribution in [0.1, 0.15) is 19.8 Å². The lowest BCUT2D eigenvalue weighted by Gasteiger charge is -2.09. The van der Waals surface area contributed by atoms with Gasteiger partial charge < -0.3 is 5.73 Å². The van der Waals surface area contributed by atoms with Crippen molar-refractivity contribution in [3.63, 3.8) is 0 Å². The third-order valence-corrected chi connectivity index (χ3v) is 1.99. The Balaban J connectivity index is 2.85. The molecule has 1 aliphatic rings. The van der Waals surface area contributed by atoms with Crippen LogP contribution < -0.4 is 5.73 Å². The standard InChI is InChI=1S/C11H16N2/c1-3-13-11-7-6-10(12)5-4-9(2)8-11/h3-5,8,10H,1,6-7,12H2,2H3/b5-4-,9-8-,13-11+. The number of nitrogens with two attached hydrogens (primary N) is 1. The van der Waals surface area contributed by atoms with E-state index in [1.54, 1.807) is 6.20 Å². The summed E-state index contributed by atoms with van der Waals surface area (Å²) < 4.78 is 0. The van der Waals surface area contributed by atoms with Crippen molar-refractivity contribution in [2.75, 3.05) is 0 Å². The highest BCUT2D eigenvalue weighted by atomic mass is 14.7. The van der Waals surface area contributed by atoms with Gasteiger partial charge >= 0.3 is 0 Å². The number of aliphatic imine (C=N–C) groups is 1. The third-order valence-electron chi connectivity index (χ3n) is 1.99. The molecule has 0 spiro atoms. The zero-order valence-corrected chi connectivity index (χ0v) is 8.03. The van der Waals surface area contributed by atoms with Crippen LogP contribution in [-0.2, 0) is 0 Å². The molecule has 0 bridgehead atoms. The van der Waals surface area contributed by atoms with Gasteiger partial charge in [0.2, 0.25) is 0 Å². The summed E-state index contributed by atoms with van der Waals surface area (Å²) in [6, 6.07) is 0.152. The Morgan fingerprint density at radius 2 is 2.46 bits per heavy atom. The van der Waals surface area contributed by atoms with Gasteiger partial charge in [0, 0.05) is 18.0 Å². The van der Waals surface area contributed by atoms with Crippen LogP contribution in [-0.4, -0.2) is 11.8 Å². The molecule has 1 atom stereocenters. The summed E-state index contributed by atoms with van der Waals surface area (Å²) in [5.74, 6) is 0. The van der Waals surface area contributed by atoms with E-state index in [0.717, 1.165) is 18.6 Å². The minimum absolute atomic E-state index is 0.152. The SMILES string of the molecule is C=C/N=C1/C=C(C)\C=C/C(N)CC1. The molecular formula is C11H16N2. The lowest BCUT2D eigenvalue weighted by atomic mass is 10.0. The summed E-state index contributed by atoms with van der Waals surface area (Å²) in [5, 5.41) is 0. The van der Waals surface area contributed by atoms with Crippen molar-refractivity contribution in [2.45, 2.75) is 25.8 Å². The molecule has 0 aliphatic heterocycles. The predicted molar refractivity (Wildman–Crippen MR) is 57.7 cm³/mol. The average Bonchev–Trinajstić information content (AvgIpc) is 2.09. The summed E-state index contributed by atoms with van der Waals surface area (Å²) in [5.41, 5.74) is 8.08. The Bertz CT molecular complexity index is 272. The second kappa shape index (κ2) is 4.77. The first-order chi connectivity index (χ1) is 6.22. The van der Waals surface area contributed by atoms with Crippen LogP contribution in [0.5, 0.6) is 0 Å². The van der Waals surface area contributed by atoms with E-state index >= 15 is 0 Å². The second-order valence-corrected chi connectivity index (χ2v) is 3.25. The molecule has 1 rings (SSSR count). The molecule has 0 saturated heterocycles. The van der Waals surface area contributed by atoms with Crippen molar-refractivity contribution in [3.8, 4) is 0 Å². The van der Waals surface area contributed by atoms with Gasteiger partial charge in [-0.15, -0.1) is 0 Å². The molecule has 0 amide bonds. The van der Waals surface area contributed by atoms with Gasteiger partial charge in [0.05, 0.1) is 0 Å². The number of allylic oxidation sites excluding steroid dienone is 3. The zero-order chi connectivity index (χ0) is 9.68. The highest BCUT2D eigenvalue weighted by molar-refractivity contribution is 5.96. The monoisotopic (exact) mass is 176 g/mol. The molecular weight excluding hydrogens is 160 g/mol. The zero-order valence-electron chi connectivity index (χ0n) is 8.03. The van der Waals surface area contributed by atoms with Crippen molar-refractivity contribution < 1.29 is 0 Å². The molecule has 13 heavy (non-hydrogen) atoms.